The zero-order valence-corrected chi connectivity index (χ0v) is 10.7. The summed E-state index contributed by atoms with van der Waals surface area (Å²) < 4.78 is 7.36. The van der Waals surface area contributed by atoms with E-state index in [9.17, 15) is 0 Å². The zero-order valence-electron chi connectivity index (χ0n) is 10.7. The Hall–Kier alpha value is -1.62. The minimum atomic E-state index is 0.800. The molecular formula is C13H18N4O. The highest BCUT2D eigenvalue weighted by Gasteiger charge is 2.14. The Morgan fingerprint density at radius 3 is 2.83 bits per heavy atom. The van der Waals surface area contributed by atoms with E-state index in [0.717, 1.165) is 30.3 Å². The Balaban J connectivity index is 1.82. The van der Waals surface area contributed by atoms with Crippen LogP contribution in [0.1, 0.15) is 18.7 Å². The molecule has 0 aliphatic carbocycles. The Kier molecular flexibility index (Phi) is 3.15. The maximum atomic E-state index is 5.37. The monoisotopic (exact) mass is 246 g/mol. The van der Waals surface area contributed by atoms with Crippen molar-refractivity contribution in [2.24, 2.45) is 0 Å². The number of ether oxygens (including phenoxy) is 1. The van der Waals surface area contributed by atoms with Crippen molar-refractivity contribution >= 4 is 5.65 Å². The molecule has 2 aromatic heterocycles. The quantitative estimate of drug-likeness (QED) is 0.817. The first-order chi connectivity index (χ1) is 8.88. The van der Waals surface area contributed by atoms with Crippen molar-refractivity contribution in [1.82, 2.24) is 19.5 Å². The smallest absolute Gasteiger partial charge is 0.200 e. The lowest BCUT2D eigenvalue weighted by molar-refractivity contribution is 0.338. The van der Waals surface area contributed by atoms with Crippen LogP contribution < -0.4 is 4.74 Å². The van der Waals surface area contributed by atoms with Crippen molar-refractivity contribution in [3.63, 3.8) is 0 Å². The van der Waals surface area contributed by atoms with Crippen LogP contribution in [-0.4, -0.2) is 46.2 Å². The number of likely N-dealkylation sites (tertiary alicyclic amines) is 1. The van der Waals surface area contributed by atoms with Crippen molar-refractivity contribution in [2.75, 3.05) is 26.7 Å². The molecule has 1 aliphatic rings. The second-order valence-corrected chi connectivity index (χ2v) is 4.68. The van der Waals surface area contributed by atoms with E-state index in [0.29, 0.717) is 0 Å². The van der Waals surface area contributed by atoms with Crippen LogP contribution >= 0.6 is 0 Å². The molecule has 96 valence electrons. The van der Waals surface area contributed by atoms with E-state index in [4.69, 9.17) is 4.74 Å². The molecule has 0 radical (unpaired) electrons. The second-order valence-electron chi connectivity index (χ2n) is 4.68. The molecule has 0 spiro atoms. The Labute approximate surface area is 106 Å². The third-order valence-corrected chi connectivity index (χ3v) is 3.52. The van der Waals surface area contributed by atoms with Gasteiger partial charge in [0.1, 0.15) is 5.82 Å². The summed E-state index contributed by atoms with van der Waals surface area (Å²) in [5.74, 6) is 1.78. The summed E-state index contributed by atoms with van der Waals surface area (Å²) in [4.78, 5) is 2.48. The molecule has 2 aromatic rings. The molecule has 0 aromatic carbocycles. The van der Waals surface area contributed by atoms with Crippen LogP contribution in [0.4, 0.5) is 0 Å². The highest BCUT2D eigenvalue weighted by Crippen LogP contribution is 2.16. The summed E-state index contributed by atoms with van der Waals surface area (Å²) in [6, 6.07) is 5.83. The molecule has 5 nitrogen and oxygen atoms in total. The topological polar surface area (TPSA) is 42.7 Å². The SMILES string of the molecule is COc1cccc2nnc(CCN3CCCC3)n12. The van der Waals surface area contributed by atoms with E-state index in [2.05, 4.69) is 15.1 Å². The van der Waals surface area contributed by atoms with Gasteiger partial charge in [0.05, 0.1) is 7.11 Å². The van der Waals surface area contributed by atoms with Crippen LogP contribution in [0.2, 0.25) is 0 Å². The average Bonchev–Trinajstić information content (AvgIpc) is 3.05. The van der Waals surface area contributed by atoms with Crippen LogP contribution in [-0.2, 0) is 6.42 Å². The maximum Gasteiger partial charge on any atom is 0.200 e. The Bertz CT molecular complexity index is 531. The number of nitrogens with zero attached hydrogens (tertiary/aromatic N) is 4. The van der Waals surface area contributed by atoms with Gasteiger partial charge in [0.15, 0.2) is 5.65 Å². The minimum Gasteiger partial charge on any atom is -0.482 e. The fourth-order valence-electron chi connectivity index (χ4n) is 2.56. The van der Waals surface area contributed by atoms with Crippen molar-refractivity contribution in [2.45, 2.75) is 19.3 Å². The van der Waals surface area contributed by atoms with Crippen LogP contribution in [0.5, 0.6) is 5.88 Å². The van der Waals surface area contributed by atoms with Gasteiger partial charge in [-0.2, -0.15) is 0 Å². The van der Waals surface area contributed by atoms with E-state index < -0.39 is 0 Å². The molecule has 0 N–H and O–H groups in total. The van der Waals surface area contributed by atoms with Gasteiger partial charge < -0.3 is 9.64 Å². The molecule has 0 unspecified atom stereocenters. The normalized spacial score (nSPS) is 16.5. The van der Waals surface area contributed by atoms with Crippen LogP contribution in [0.15, 0.2) is 18.2 Å². The number of aromatic nitrogens is 3. The van der Waals surface area contributed by atoms with Crippen molar-refractivity contribution in [3.8, 4) is 5.88 Å². The predicted molar refractivity (Wildman–Crippen MR) is 68.9 cm³/mol. The van der Waals surface area contributed by atoms with E-state index in [1.807, 2.05) is 22.6 Å². The van der Waals surface area contributed by atoms with Gasteiger partial charge in [0, 0.05) is 13.0 Å². The van der Waals surface area contributed by atoms with Gasteiger partial charge in [-0.25, -0.2) is 4.40 Å². The fraction of sp³-hybridized carbons (Fsp3) is 0.538. The number of rotatable bonds is 4. The molecule has 0 atom stereocenters. The van der Waals surface area contributed by atoms with E-state index in [1.165, 1.54) is 25.9 Å². The van der Waals surface area contributed by atoms with Crippen molar-refractivity contribution < 1.29 is 4.74 Å². The fourth-order valence-corrected chi connectivity index (χ4v) is 2.56. The van der Waals surface area contributed by atoms with Crippen LogP contribution in [0, 0.1) is 0 Å². The molecule has 5 heteroatoms. The van der Waals surface area contributed by atoms with Crippen molar-refractivity contribution in [1.29, 1.82) is 0 Å². The van der Waals surface area contributed by atoms with Crippen LogP contribution in [0.25, 0.3) is 5.65 Å². The minimum absolute atomic E-state index is 0.800. The van der Waals surface area contributed by atoms with Crippen LogP contribution in [0.3, 0.4) is 0 Å². The molecule has 3 heterocycles. The highest BCUT2D eigenvalue weighted by atomic mass is 16.5. The Morgan fingerprint density at radius 1 is 1.22 bits per heavy atom. The summed E-state index contributed by atoms with van der Waals surface area (Å²) in [6.07, 6.45) is 3.56. The van der Waals surface area contributed by atoms with Gasteiger partial charge in [-0.15, -0.1) is 10.2 Å². The molecule has 1 saturated heterocycles. The van der Waals surface area contributed by atoms with Gasteiger partial charge in [-0.3, -0.25) is 0 Å². The summed E-state index contributed by atoms with van der Waals surface area (Å²) in [5, 5.41) is 8.46. The molecular weight excluding hydrogens is 228 g/mol. The van der Waals surface area contributed by atoms with Gasteiger partial charge >= 0.3 is 0 Å². The number of methoxy groups -OCH3 is 1. The summed E-state index contributed by atoms with van der Waals surface area (Å²) in [7, 11) is 1.68. The predicted octanol–water partition coefficient (Wildman–Crippen LogP) is 1.38. The highest BCUT2D eigenvalue weighted by molar-refractivity contribution is 5.42. The number of pyridine rings is 1. The molecule has 3 rings (SSSR count). The number of fused-ring (bicyclic) bond motifs is 1. The molecule has 0 bridgehead atoms. The van der Waals surface area contributed by atoms with Gasteiger partial charge in [0.2, 0.25) is 5.88 Å². The molecule has 0 saturated carbocycles. The average molecular weight is 246 g/mol. The van der Waals surface area contributed by atoms with Crippen molar-refractivity contribution in [3.05, 3.63) is 24.0 Å². The lowest BCUT2D eigenvalue weighted by Crippen LogP contribution is -2.22. The van der Waals surface area contributed by atoms with E-state index >= 15 is 0 Å². The lowest BCUT2D eigenvalue weighted by Gasteiger charge is -2.13. The molecule has 0 amide bonds. The molecule has 1 fully saturated rings. The van der Waals surface area contributed by atoms with Gasteiger partial charge in [0.25, 0.3) is 0 Å². The van der Waals surface area contributed by atoms with Gasteiger partial charge in [-0.05, 0) is 38.1 Å². The largest absolute Gasteiger partial charge is 0.482 e. The number of hydrogen-bond acceptors (Lipinski definition) is 4. The summed E-state index contributed by atoms with van der Waals surface area (Å²) in [5.41, 5.74) is 0.853. The first-order valence-electron chi connectivity index (χ1n) is 6.48. The summed E-state index contributed by atoms with van der Waals surface area (Å²) in [6.45, 7) is 3.49. The maximum absolute atomic E-state index is 5.37. The van der Waals surface area contributed by atoms with E-state index in [-0.39, 0.29) is 0 Å². The number of hydrogen-bond donors (Lipinski definition) is 0. The third-order valence-electron chi connectivity index (χ3n) is 3.52. The van der Waals surface area contributed by atoms with E-state index in [1.54, 1.807) is 7.11 Å². The lowest BCUT2D eigenvalue weighted by atomic mass is 10.3. The Morgan fingerprint density at radius 2 is 2.06 bits per heavy atom. The second kappa shape index (κ2) is 4.94. The first-order valence-corrected chi connectivity index (χ1v) is 6.48. The first kappa shape index (κ1) is 11.5. The molecule has 18 heavy (non-hydrogen) atoms. The molecule has 1 aliphatic heterocycles. The summed E-state index contributed by atoms with van der Waals surface area (Å²) >= 11 is 0. The third kappa shape index (κ3) is 2.06. The van der Waals surface area contributed by atoms with Gasteiger partial charge in [-0.1, -0.05) is 6.07 Å². The standard InChI is InChI=1S/C13H18N4O/c1-18-13-6-4-5-11-14-15-12(17(11)13)7-10-16-8-2-3-9-16/h4-6H,2-3,7-10H2,1H3. The zero-order chi connectivity index (χ0) is 12.4.